The molecule has 0 spiro atoms. The standard InChI is InChI=1S/C23H19Cl2N3O2/c1-14-6-9-16(10-7-14)26-22(29)19-12-8-15-4-2-3-5-18(15)28(19)23(30)21-17(24)11-13-20(25)27-21/h2-7,9-11,13,19H,8,12H2,1H3,(H,26,29)/t19-/m1/s1. The third-order valence-corrected chi connectivity index (χ3v) is 5.62. The first-order valence-corrected chi connectivity index (χ1v) is 10.3. The molecule has 0 fully saturated rings. The third kappa shape index (κ3) is 4.04. The van der Waals surface area contributed by atoms with Gasteiger partial charge in [0.15, 0.2) is 0 Å². The second-order valence-corrected chi connectivity index (χ2v) is 7.97. The Hall–Kier alpha value is -2.89. The number of hydrogen-bond acceptors (Lipinski definition) is 3. The van der Waals surface area contributed by atoms with Gasteiger partial charge < -0.3 is 5.32 Å². The number of hydrogen-bond donors (Lipinski definition) is 1. The lowest BCUT2D eigenvalue weighted by molar-refractivity contribution is -0.117. The molecule has 2 aromatic carbocycles. The van der Waals surface area contributed by atoms with Crippen molar-refractivity contribution in [2.75, 3.05) is 10.2 Å². The van der Waals surface area contributed by atoms with Crippen LogP contribution in [0.15, 0.2) is 60.7 Å². The number of carbonyl (C=O) groups excluding carboxylic acids is 2. The summed E-state index contributed by atoms with van der Waals surface area (Å²) in [5.74, 6) is -0.724. The van der Waals surface area contributed by atoms with Crippen LogP contribution in [0.25, 0.3) is 0 Å². The molecule has 0 saturated heterocycles. The van der Waals surface area contributed by atoms with E-state index >= 15 is 0 Å². The predicted molar refractivity (Wildman–Crippen MR) is 119 cm³/mol. The molecule has 2 heterocycles. The van der Waals surface area contributed by atoms with E-state index in [-0.39, 0.29) is 21.8 Å². The summed E-state index contributed by atoms with van der Waals surface area (Å²) in [6.07, 6.45) is 1.17. The number of rotatable bonds is 3. The van der Waals surface area contributed by atoms with E-state index in [4.69, 9.17) is 23.2 Å². The van der Waals surface area contributed by atoms with Crippen LogP contribution in [0.2, 0.25) is 10.2 Å². The molecule has 3 aromatic rings. The summed E-state index contributed by atoms with van der Waals surface area (Å²) in [6, 6.07) is 17.4. The first kappa shape index (κ1) is 20.4. The zero-order valence-corrected chi connectivity index (χ0v) is 17.7. The normalized spacial score (nSPS) is 15.4. The van der Waals surface area contributed by atoms with Crippen LogP contribution in [0.4, 0.5) is 11.4 Å². The van der Waals surface area contributed by atoms with E-state index in [0.717, 1.165) is 11.1 Å². The fourth-order valence-electron chi connectivity index (χ4n) is 3.59. The van der Waals surface area contributed by atoms with Crippen molar-refractivity contribution in [2.24, 2.45) is 0 Å². The van der Waals surface area contributed by atoms with Crippen LogP contribution in [0, 0.1) is 6.92 Å². The smallest absolute Gasteiger partial charge is 0.279 e. The highest BCUT2D eigenvalue weighted by Crippen LogP contribution is 2.33. The lowest BCUT2D eigenvalue weighted by Crippen LogP contribution is -2.50. The quantitative estimate of drug-likeness (QED) is 0.563. The molecule has 0 bridgehead atoms. The molecule has 5 nitrogen and oxygen atoms in total. The molecule has 1 aliphatic rings. The average molecular weight is 440 g/mol. The van der Waals surface area contributed by atoms with Crippen molar-refractivity contribution < 1.29 is 9.59 Å². The number of carbonyl (C=O) groups is 2. The summed E-state index contributed by atoms with van der Waals surface area (Å²) in [7, 11) is 0. The van der Waals surface area contributed by atoms with Crippen molar-refractivity contribution in [2.45, 2.75) is 25.8 Å². The summed E-state index contributed by atoms with van der Waals surface area (Å²) in [6.45, 7) is 1.98. The van der Waals surface area contributed by atoms with Gasteiger partial charge in [-0.3, -0.25) is 14.5 Å². The first-order valence-electron chi connectivity index (χ1n) is 9.55. The molecule has 1 aromatic heterocycles. The number of fused-ring (bicyclic) bond motifs is 1. The molecule has 152 valence electrons. The van der Waals surface area contributed by atoms with Crippen molar-refractivity contribution in [1.29, 1.82) is 0 Å². The number of aryl methyl sites for hydroxylation is 2. The summed E-state index contributed by atoms with van der Waals surface area (Å²) < 4.78 is 0. The summed E-state index contributed by atoms with van der Waals surface area (Å²) in [5.41, 5.74) is 3.46. The van der Waals surface area contributed by atoms with Gasteiger partial charge in [0.05, 0.1) is 5.02 Å². The minimum absolute atomic E-state index is 0.0222. The first-order chi connectivity index (χ1) is 14.4. The minimum atomic E-state index is -0.703. The van der Waals surface area contributed by atoms with Gasteiger partial charge in [0.25, 0.3) is 5.91 Å². The fraction of sp³-hybridized carbons (Fsp3) is 0.174. The molecule has 0 saturated carbocycles. The number of nitrogens with zero attached hydrogens (tertiary/aromatic N) is 2. The van der Waals surface area contributed by atoms with Gasteiger partial charge in [-0.2, -0.15) is 0 Å². The zero-order valence-electron chi connectivity index (χ0n) is 16.2. The minimum Gasteiger partial charge on any atom is -0.324 e. The molecular weight excluding hydrogens is 421 g/mol. The van der Waals surface area contributed by atoms with E-state index < -0.39 is 11.9 Å². The van der Waals surface area contributed by atoms with E-state index in [1.807, 2.05) is 55.5 Å². The molecule has 0 radical (unpaired) electrons. The van der Waals surface area contributed by atoms with E-state index in [1.165, 1.54) is 17.0 Å². The van der Waals surface area contributed by atoms with Crippen molar-refractivity contribution in [3.63, 3.8) is 0 Å². The number of halogens is 2. The monoisotopic (exact) mass is 439 g/mol. The Morgan fingerprint density at radius 3 is 2.53 bits per heavy atom. The van der Waals surface area contributed by atoms with Gasteiger partial charge >= 0.3 is 0 Å². The van der Waals surface area contributed by atoms with Crippen LogP contribution < -0.4 is 10.2 Å². The van der Waals surface area contributed by atoms with Crippen LogP contribution >= 0.6 is 23.2 Å². The average Bonchev–Trinajstić information content (AvgIpc) is 2.75. The van der Waals surface area contributed by atoms with Gasteiger partial charge in [0.2, 0.25) is 5.91 Å². The maximum atomic E-state index is 13.5. The number of amides is 2. The van der Waals surface area contributed by atoms with Gasteiger partial charge in [-0.25, -0.2) is 4.98 Å². The Labute approximate surface area is 184 Å². The summed E-state index contributed by atoms with van der Waals surface area (Å²) >= 11 is 12.2. The highest BCUT2D eigenvalue weighted by molar-refractivity contribution is 6.35. The van der Waals surface area contributed by atoms with Crippen LogP contribution in [0.1, 0.15) is 28.0 Å². The third-order valence-electron chi connectivity index (χ3n) is 5.11. The predicted octanol–water partition coefficient (Wildman–Crippen LogP) is 5.30. The van der Waals surface area contributed by atoms with Crippen molar-refractivity contribution in [1.82, 2.24) is 4.98 Å². The van der Waals surface area contributed by atoms with Gasteiger partial charge in [0, 0.05) is 11.4 Å². The van der Waals surface area contributed by atoms with Crippen LogP contribution in [-0.2, 0) is 11.2 Å². The molecule has 1 N–H and O–H groups in total. The topological polar surface area (TPSA) is 62.3 Å². The van der Waals surface area contributed by atoms with E-state index in [0.29, 0.717) is 24.2 Å². The molecular formula is C23H19Cl2N3O2. The van der Waals surface area contributed by atoms with Crippen molar-refractivity contribution in [3.8, 4) is 0 Å². The summed E-state index contributed by atoms with van der Waals surface area (Å²) in [5, 5.41) is 3.27. The molecule has 1 atom stereocenters. The Kier molecular flexibility index (Phi) is 5.75. The number of benzene rings is 2. The van der Waals surface area contributed by atoms with Gasteiger partial charge in [-0.05, 0) is 55.7 Å². The molecule has 0 unspecified atom stereocenters. The van der Waals surface area contributed by atoms with Crippen molar-refractivity contribution in [3.05, 3.63) is 87.7 Å². The molecule has 0 aliphatic carbocycles. The molecule has 30 heavy (non-hydrogen) atoms. The maximum Gasteiger partial charge on any atom is 0.279 e. The second kappa shape index (κ2) is 8.46. The number of aromatic nitrogens is 1. The second-order valence-electron chi connectivity index (χ2n) is 7.18. The lowest BCUT2D eigenvalue weighted by atomic mass is 9.94. The lowest BCUT2D eigenvalue weighted by Gasteiger charge is -2.36. The number of anilines is 2. The van der Waals surface area contributed by atoms with Gasteiger partial charge in [0.1, 0.15) is 16.9 Å². The SMILES string of the molecule is Cc1ccc(NC(=O)[C@H]2CCc3ccccc3N2C(=O)c2nc(Cl)ccc2Cl)cc1. The Balaban J connectivity index is 1.72. The Bertz CT molecular complexity index is 1120. The number of pyridine rings is 1. The largest absolute Gasteiger partial charge is 0.324 e. The number of para-hydroxylation sites is 1. The zero-order chi connectivity index (χ0) is 21.3. The van der Waals surface area contributed by atoms with E-state index in [1.54, 1.807) is 0 Å². The van der Waals surface area contributed by atoms with Crippen LogP contribution in [0.3, 0.4) is 0 Å². The van der Waals surface area contributed by atoms with E-state index in [9.17, 15) is 9.59 Å². The Morgan fingerprint density at radius 1 is 1.03 bits per heavy atom. The molecule has 4 rings (SSSR count). The van der Waals surface area contributed by atoms with E-state index in [2.05, 4.69) is 10.3 Å². The molecule has 7 heteroatoms. The Morgan fingerprint density at radius 2 is 1.77 bits per heavy atom. The summed E-state index contributed by atoms with van der Waals surface area (Å²) in [4.78, 5) is 32.3. The molecule has 2 amide bonds. The fourth-order valence-corrected chi connectivity index (χ4v) is 3.92. The number of nitrogens with one attached hydrogen (secondary N) is 1. The van der Waals surface area contributed by atoms with Crippen molar-refractivity contribution >= 4 is 46.4 Å². The highest BCUT2D eigenvalue weighted by Gasteiger charge is 2.37. The van der Waals surface area contributed by atoms with Crippen LogP contribution in [0.5, 0.6) is 0 Å². The molecule has 1 aliphatic heterocycles. The highest BCUT2D eigenvalue weighted by atomic mass is 35.5. The van der Waals surface area contributed by atoms with Crippen LogP contribution in [-0.4, -0.2) is 22.8 Å². The van der Waals surface area contributed by atoms with Gasteiger partial charge in [-0.15, -0.1) is 0 Å². The van der Waals surface area contributed by atoms with Gasteiger partial charge in [-0.1, -0.05) is 59.1 Å². The maximum absolute atomic E-state index is 13.5.